The predicted molar refractivity (Wildman–Crippen MR) is 59.8 cm³/mol. The van der Waals surface area contributed by atoms with Crippen LogP contribution in [0.1, 0.15) is 44.5 Å². The molecular formula is C10H17N3S. The lowest BCUT2D eigenvalue weighted by Gasteiger charge is -2.15. The van der Waals surface area contributed by atoms with E-state index in [0.29, 0.717) is 12.0 Å². The molecule has 2 rings (SSSR count). The van der Waals surface area contributed by atoms with Crippen LogP contribution < -0.4 is 5.32 Å². The molecule has 0 saturated heterocycles. The molecule has 4 heteroatoms. The molecule has 14 heavy (non-hydrogen) atoms. The van der Waals surface area contributed by atoms with Crippen LogP contribution in [0.15, 0.2) is 0 Å². The zero-order valence-electron chi connectivity index (χ0n) is 8.95. The van der Waals surface area contributed by atoms with E-state index in [2.05, 4.69) is 36.3 Å². The van der Waals surface area contributed by atoms with Gasteiger partial charge in [-0.25, -0.2) is 0 Å². The molecule has 78 valence electrons. The van der Waals surface area contributed by atoms with Gasteiger partial charge in [-0.1, -0.05) is 25.2 Å². The summed E-state index contributed by atoms with van der Waals surface area (Å²) in [6, 6.07) is 0.468. The highest BCUT2D eigenvalue weighted by atomic mass is 32.1. The average Bonchev–Trinajstić information content (AvgIpc) is 2.88. The summed E-state index contributed by atoms with van der Waals surface area (Å²) in [5.74, 6) is 1.35. The van der Waals surface area contributed by atoms with Crippen LogP contribution in [0.4, 0.5) is 5.13 Å². The van der Waals surface area contributed by atoms with Crippen LogP contribution >= 0.6 is 11.3 Å². The Kier molecular flexibility index (Phi) is 2.72. The molecule has 0 aliphatic heterocycles. The number of anilines is 1. The Labute approximate surface area is 88.9 Å². The number of rotatable bonds is 4. The molecule has 1 aliphatic carbocycles. The van der Waals surface area contributed by atoms with Gasteiger partial charge < -0.3 is 5.32 Å². The second-order valence-electron chi connectivity index (χ2n) is 4.40. The molecule has 1 saturated carbocycles. The Hall–Kier alpha value is -0.640. The van der Waals surface area contributed by atoms with E-state index in [-0.39, 0.29) is 0 Å². The maximum atomic E-state index is 4.20. The molecule has 1 aromatic heterocycles. The topological polar surface area (TPSA) is 37.8 Å². The first-order valence-electron chi connectivity index (χ1n) is 5.26. The van der Waals surface area contributed by atoms with E-state index in [1.807, 2.05) is 0 Å². The van der Waals surface area contributed by atoms with Gasteiger partial charge in [0.2, 0.25) is 5.13 Å². The van der Waals surface area contributed by atoms with Crippen molar-refractivity contribution in [3.8, 4) is 0 Å². The molecule has 1 aromatic rings. The van der Waals surface area contributed by atoms with Crippen molar-refractivity contribution < 1.29 is 0 Å². The highest BCUT2D eigenvalue weighted by molar-refractivity contribution is 7.15. The van der Waals surface area contributed by atoms with Gasteiger partial charge in [-0.2, -0.15) is 0 Å². The SMILES string of the molecule is CC(C)C(C)Nc1nnc(C2CC2)s1. The predicted octanol–water partition coefficient (Wildman–Crippen LogP) is 2.87. The van der Waals surface area contributed by atoms with Crippen molar-refractivity contribution in [2.75, 3.05) is 5.32 Å². The summed E-state index contributed by atoms with van der Waals surface area (Å²) in [6.07, 6.45) is 2.60. The quantitative estimate of drug-likeness (QED) is 0.832. The van der Waals surface area contributed by atoms with E-state index >= 15 is 0 Å². The van der Waals surface area contributed by atoms with Gasteiger partial charge in [0.1, 0.15) is 5.01 Å². The van der Waals surface area contributed by atoms with Gasteiger partial charge in [0.15, 0.2) is 0 Å². The monoisotopic (exact) mass is 211 g/mol. The molecular weight excluding hydrogens is 194 g/mol. The van der Waals surface area contributed by atoms with E-state index in [9.17, 15) is 0 Å². The fourth-order valence-electron chi connectivity index (χ4n) is 1.15. The Morgan fingerprint density at radius 2 is 2.00 bits per heavy atom. The number of hydrogen-bond donors (Lipinski definition) is 1. The van der Waals surface area contributed by atoms with Gasteiger partial charge in [-0.15, -0.1) is 10.2 Å². The summed E-state index contributed by atoms with van der Waals surface area (Å²) in [7, 11) is 0. The van der Waals surface area contributed by atoms with Crippen LogP contribution in [0.5, 0.6) is 0 Å². The molecule has 1 fully saturated rings. The van der Waals surface area contributed by atoms with Crippen LogP contribution in [-0.2, 0) is 0 Å². The first-order chi connectivity index (χ1) is 6.66. The van der Waals surface area contributed by atoms with Crippen LogP contribution in [0, 0.1) is 5.92 Å². The molecule has 1 aliphatic rings. The molecule has 1 heterocycles. The maximum Gasteiger partial charge on any atom is 0.205 e. The molecule has 1 N–H and O–H groups in total. The molecule has 0 bridgehead atoms. The van der Waals surface area contributed by atoms with Crippen molar-refractivity contribution in [2.45, 2.75) is 45.6 Å². The van der Waals surface area contributed by atoms with Crippen molar-refractivity contribution in [3.05, 3.63) is 5.01 Å². The van der Waals surface area contributed by atoms with Gasteiger partial charge in [0.05, 0.1) is 0 Å². The number of aromatic nitrogens is 2. The second kappa shape index (κ2) is 3.85. The van der Waals surface area contributed by atoms with Crippen molar-refractivity contribution in [2.24, 2.45) is 5.92 Å². The normalized spacial score (nSPS) is 18.6. The molecule has 3 nitrogen and oxygen atoms in total. The highest BCUT2D eigenvalue weighted by Crippen LogP contribution is 2.42. The van der Waals surface area contributed by atoms with Gasteiger partial charge in [0, 0.05) is 12.0 Å². The second-order valence-corrected chi connectivity index (χ2v) is 5.41. The van der Waals surface area contributed by atoms with E-state index in [0.717, 1.165) is 11.0 Å². The summed E-state index contributed by atoms with van der Waals surface area (Å²) in [4.78, 5) is 0. The largest absolute Gasteiger partial charge is 0.357 e. The minimum atomic E-state index is 0.468. The highest BCUT2D eigenvalue weighted by Gasteiger charge is 2.27. The minimum Gasteiger partial charge on any atom is -0.357 e. The standard InChI is InChI=1S/C10H17N3S/c1-6(2)7(3)11-10-13-12-9(14-10)8-4-5-8/h6-8H,4-5H2,1-3H3,(H,11,13). The van der Waals surface area contributed by atoms with Crippen LogP contribution in [-0.4, -0.2) is 16.2 Å². The average molecular weight is 211 g/mol. The third-order valence-electron chi connectivity index (χ3n) is 2.72. The van der Waals surface area contributed by atoms with Crippen LogP contribution in [0.2, 0.25) is 0 Å². The fraction of sp³-hybridized carbons (Fsp3) is 0.800. The first-order valence-corrected chi connectivity index (χ1v) is 6.08. The maximum absolute atomic E-state index is 4.20. The van der Waals surface area contributed by atoms with Crippen molar-refractivity contribution in [1.29, 1.82) is 0 Å². The number of nitrogens with one attached hydrogen (secondary N) is 1. The Bertz CT molecular complexity index is 304. The number of nitrogens with zero attached hydrogens (tertiary/aromatic N) is 2. The molecule has 0 spiro atoms. The summed E-state index contributed by atoms with van der Waals surface area (Å²) >= 11 is 1.72. The Morgan fingerprint density at radius 1 is 1.29 bits per heavy atom. The first kappa shape index (κ1) is 9.90. The zero-order chi connectivity index (χ0) is 10.1. The third-order valence-corrected chi connectivity index (χ3v) is 3.74. The lowest BCUT2D eigenvalue weighted by Crippen LogP contribution is -2.21. The lowest BCUT2D eigenvalue weighted by molar-refractivity contribution is 0.559. The fourth-order valence-corrected chi connectivity index (χ4v) is 2.16. The smallest absolute Gasteiger partial charge is 0.205 e. The molecule has 0 amide bonds. The zero-order valence-corrected chi connectivity index (χ0v) is 9.77. The molecule has 0 aromatic carbocycles. The third kappa shape index (κ3) is 2.23. The molecule has 1 unspecified atom stereocenters. The summed E-state index contributed by atoms with van der Waals surface area (Å²) in [6.45, 7) is 6.60. The van der Waals surface area contributed by atoms with Gasteiger partial charge >= 0.3 is 0 Å². The van der Waals surface area contributed by atoms with E-state index in [1.165, 1.54) is 17.8 Å². The lowest BCUT2D eigenvalue weighted by atomic mass is 10.1. The molecule has 0 radical (unpaired) electrons. The van der Waals surface area contributed by atoms with E-state index < -0.39 is 0 Å². The van der Waals surface area contributed by atoms with Gasteiger partial charge in [0.25, 0.3) is 0 Å². The van der Waals surface area contributed by atoms with Crippen molar-refractivity contribution in [1.82, 2.24) is 10.2 Å². The summed E-state index contributed by atoms with van der Waals surface area (Å²) < 4.78 is 0. The molecule has 1 atom stereocenters. The Balaban J connectivity index is 1.95. The van der Waals surface area contributed by atoms with Crippen molar-refractivity contribution in [3.63, 3.8) is 0 Å². The summed E-state index contributed by atoms with van der Waals surface area (Å²) in [5.41, 5.74) is 0. The van der Waals surface area contributed by atoms with Crippen molar-refractivity contribution >= 4 is 16.5 Å². The minimum absolute atomic E-state index is 0.468. The summed E-state index contributed by atoms with van der Waals surface area (Å²) in [5, 5.41) is 13.9. The van der Waals surface area contributed by atoms with E-state index in [1.54, 1.807) is 11.3 Å². The van der Waals surface area contributed by atoms with Crippen LogP contribution in [0.3, 0.4) is 0 Å². The van der Waals surface area contributed by atoms with Gasteiger partial charge in [-0.05, 0) is 25.7 Å². The number of hydrogen-bond acceptors (Lipinski definition) is 4. The van der Waals surface area contributed by atoms with E-state index in [4.69, 9.17) is 0 Å². The Morgan fingerprint density at radius 3 is 2.57 bits per heavy atom. The van der Waals surface area contributed by atoms with Crippen LogP contribution in [0.25, 0.3) is 0 Å². The van der Waals surface area contributed by atoms with Gasteiger partial charge in [-0.3, -0.25) is 0 Å².